The molecule has 64 valence electrons. The van der Waals surface area contributed by atoms with E-state index in [4.69, 9.17) is 5.73 Å². The molecule has 0 aliphatic heterocycles. The third-order valence-electron chi connectivity index (χ3n) is 1.39. The summed E-state index contributed by atoms with van der Waals surface area (Å²) in [7, 11) is 1.21. The number of Topliss-reactive ketones (excluding diaryl/α,β-unsaturated/α-hetero) is 1. The number of carbonyl (C=O) groups is 2. The zero-order valence-corrected chi connectivity index (χ0v) is 8.54. The molecule has 5 heteroatoms. The van der Waals surface area contributed by atoms with E-state index in [9.17, 15) is 9.59 Å². The van der Waals surface area contributed by atoms with E-state index in [1.807, 2.05) is 22.6 Å². The van der Waals surface area contributed by atoms with Gasteiger partial charge in [-0.25, -0.2) is 4.79 Å². The molecule has 0 aromatic rings. The molecule has 0 aromatic heterocycles. The molecule has 2 N–H and O–H groups in total. The number of halogens is 1. The SMILES string of the molecule is COC(=O)C(N)(CI)C(C)=O. The molecule has 11 heavy (non-hydrogen) atoms. The number of nitrogens with two attached hydrogens (primary N) is 1. The van der Waals surface area contributed by atoms with Crippen molar-refractivity contribution in [3.63, 3.8) is 0 Å². The van der Waals surface area contributed by atoms with Crippen molar-refractivity contribution in [2.75, 3.05) is 11.5 Å². The molecule has 0 radical (unpaired) electrons. The Morgan fingerprint density at radius 3 is 2.18 bits per heavy atom. The Kier molecular flexibility index (Phi) is 3.95. The highest BCUT2D eigenvalue weighted by molar-refractivity contribution is 14.1. The molecule has 0 bridgehead atoms. The highest BCUT2D eigenvalue weighted by atomic mass is 127. The molecule has 0 rings (SSSR count). The van der Waals surface area contributed by atoms with Gasteiger partial charge >= 0.3 is 5.97 Å². The van der Waals surface area contributed by atoms with Gasteiger partial charge in [0.2, 0.25) is 0 Å². The number of alkyl halides is 1. The number of carbonyl (C=O) groups excluding carboxylic acids is 2. The Morgan fingerprint density at radius 1 is 1.64 bits per heavy atom. The monoisotopic (exact) mass is 271 g/mol. The Morgan fingerprint density at radius 2 is 2.09 bits per heavy atom. The van der Waals surface area contributed by atoms with Crippen LogP contribution in [0.15, 0.2) is 0 Å². The van der Waals surface area contributed by atoms with Crippen molar-refractivity contribution in [2.24, 2.45) is 5.73 Å². The van der Waals surface area contributed by atoms with Crippen molar-refractivity contribution in [2.45, 2.75) is 12.5 Å². The van der Waals surface area contributed by atoms with E-state index >= 15 is 0 Å². The van der Waals surface area contributed by atoms with Crippen LogP contribution >= 0.6 is 22.6 Å². The van der Waals surface area contributed by atoms with Crippen LogP contribution in [0.5, 0.6) is 0 Å². The van der Waals surface area contributed by atoms with Crippen LogP contribution in [-0.4, -0.2) is 28.8 Å². The largest absolute Gasteiger partial charge is 0.467 e. The smallest absolute Gasteiger partial charge is 0.334 e. The lowest BCUT2D eigenvalue weighted by Gasteiger charge is -2.19. The van der Waals surface area contributed by atoms with Crippen LogP contribution in [0.2, 0.25) is 0 Å². The van der Waals surface area contributed by atoms with Crippen LogP contribution in [-0.2, 0) is 14.3 Å². The predicted molar refractivity (Wildman–Crippen MR) is 48.5 cm³/mol. The first kappa shape index (κ1) is 10.8. The maximum absolute atomic E-state index is 10.9. The van der Waals surface area contributed by atoms with Crippen LogP contribution in [0, 0.1) is 0 Å². The van der Waals surface area contributed by atoms with Crippen LogP contribution in [0.3, 0.4) is 0 Å². The van der Waals surface area contributed by atoms with E-state index in [0.717, 1.165) is 0 Å². The minimum Gasteiger partial charge on any atom is -0.467 e. The summed E-state index contributed by atoms with van der Waals surface area (Å²) in [6.07, 6.45) is 0. The topological polar surface area (TPSA) is 69.4 Å². The summed E-state index contributed by atoms with van der Waals surface area (Å²) in [6.45, 7) is 1.27. The fourth-order valence-corrected chi connectivity index (χ4v) is 1.32. The molecule has 0 aliphatic carbocycles. The van der Waals surface area contributed by atoms with Gasteiger partial charge in [-0.2, -0.15) is 0 Å². The van der Waals surface area contributed by atoms with Gasteiger partial charge in [0.15, 0.2) is 11.3 Å². The second-order valence-corrected chi connectivity index (χ2v) is 2.92. The summed E-state index contributed by atoms with van der Waals surface area (Å²) in [6, 6.07) is 0. The second-order valence-electron chi connectivity index (χ2n) is 2.15. The van der Waals surface area contributed by atoms with Crippen molar-refractivity contribution in [1.82, 2.24) is 0 Å². The molecular weight excluding hydrogens is 261 g/mol. The number of ketones is 1. The minimum absolute atomic E-state index is 0.229. The van der Waals surface area contributed by atoms with Gasteiger partial charge in [-0.3, -0.25) is 4.79 Å². The molecule has 0 aromatic carbocycles. The summed E-state index contributed by atoms with van der Waals surface area (Å²) in [5, 5.41) is 0. The maximum Gasteiger partial charge on any atom is 0.334 e. The summed E-state index contributed by atoms with van der Waals surface area (Å²) in [4.78, 5) is 21.8. The summed E-state index contributed by atoms with van der Waals surface area (Å²) in [5.41, 5.74) is 4.00. The third-order valence-corrected chi connectivity index (χ3v) is 2.59. The summed E-state index contributed by atoms with van der Waals surface area (Å²) < 4.78 is 4.61. The number of hydrogen-bond acceptors (Lipinski definition) is 4. The van der Waals surface area contributed by atoms with Crippen molar-refractivity contribution in [3.05, 3.63) is 0 Å². The van der Waals surface area contributed by atoms with Crippen molar-refractivity contribution in [3.8, 4) is 0 Å². The Bertz CT molecular complexity index is 183. The van der Waals surface area contributed by atoms with Gasteiger partial charge in [0.05, 0.1) is 7.11 Å². The van der Waals surface area contributed by atoms with E-state index < -0.39 is 11.5 Å². The number of methoxy groups -OCH3 is 1. The molecule has 0 fully saturated rings. The number of esters is 1. The van der Waals surface area contributed by atoms with E-state index in [-0.39, 0.29) is 10.2 Å². The predicted octanol–water partition coefficient (Wildman–Crippen LogP) is -0.119. The second kappa shape index (κ2) is 4.01. The number of ether oxygens (including phenoxy) is 1. The van der Waals surface area contributed by atoms with Gasteiger partial charge < -0.3 is 10.5 Å². The molecule has 1 unspecified atom stereocenters. The number of hydrogen-bond donors (Lipinski definition) is 1. The van der Waals surface area contributed by atoms with Crippen LogP contribution in [0.4, 0.5) is 0 Å². The molecule has 0 saturated heterocycles. The highest BCUT2D eigenvalue weighted by Crippen LogP contribution is 2.08. The van der Waals surface area contributed by atoms with E-state index in [2.05, 4.69) is 4.74 Å². The highest BCUT2D eigenvalue weighted by Gasteiger charge is 2.39. The molecule has 0 saturated carbocycles. The zero-order valence-electron chi connectivity index (χ0n) is 6.39. The standard InChI is InChI=1S/C6H10INO3/c1-4(9)6(8,3-7)5(10)11-2/h3,8H2,1-2H3. The van der Waals surface area contributed by atoms with Gasteiger partial charge in [-0.1, -0.05) is 22.6 Å². The number of rotatable bonds is 3. The van der Waals surface area contributed by atoms with Gasteiger partial charge in [-0.15, -0.1) is 0 Å². The lowest BCUT2D eigenvalue weighted by molar-refractivity contribution is -0.149. The Balaban J connectivity index is 4.59. The van der Waals surface area contributed by atoms with Crippen molar-refractivity contribution >= 4 is 34.3 Å². The fraction of sp³-hybridized carbons (Fsp3) is 0.667. The molecule has 4 nitrogen and oxygen atoms in total. The van der Waals surface area contributed by atoms with E-state index in [0.29, 0.717) is 0 Å². The Labute approximate surface area is 78.6 Å². The van der Waals surface area contributed by atoms with Crippen molar-refractivity contribution in [1.29, 1.82) is 0 Å². The zero-order chi connectivity index (χ0) is 9.07. The molecule has 1 atom stereocenters. The average molecular weight is 271 g/mol. The van der Waals surface area contributed by atoms with Gasteiger partial charge in [0, 0.05) is 4.43 Å². The molecular formula is C6H10INO3. The normalized spacial score (nSPS) is 15.3. The Hall–Kier alpha value is -0.170. The lowest BCUT2D eigenvalue weighted by atomic mass is 10.00. The van der Waals surface area contributed by atoms with Gasteiger partial charge in [0.25, 0.3) is 0 Å². The first-order valence-corrected chi connectivity index (χ1v) is 4.46. The fourth-order valence-electron chi connectivity index (χ4n) is 0.475. The molecule has 0 aliphatic rings. The van der Waals surface area contributed by atoms with Crippen LogP contribution < -0.4 is 5.73 Å². The molecule has 0 amide bonds. The minimum atomic E-state index is -1.46. The maximum atomic E-state index is 10.9. The first-order valence-electron chi connectivity index (χ1n) is 2.93. The van der Waals surface area contributed by atoms with Gasteiger partial charge in [-0.05, 0) is 6.92 Å². The third kappa shape index (κ3) is 2.13. The summed E-state index contributed by atoms with van der Waals surface area (Å²) >= 11 is 1.87. The van der Waals surface area contributed by atoms with Crippen molar-refractivity contribution < 1.29 is 14.3 Å². The first-order chi connectivity index (χ1) is 4.99. The lowest BCUT2D eigenvalue weighted by Crippen LogP contribution is -2.56. The van der Waals surface area contributed by atoms with Crippen LogP contribution in [0.25, 0.3) is 0 Å². The van der Waals surface area contributed by atoms with Gasteiger partial charge in [0.1, 0.15) is 0 Å². The average Bonchev–Trinajstić information content (AvgIpc) is 2.01. The molecule has 0 spiro atoms. The molecule has 0 heterocycles. The van der Waals surface area contributed by atoms with Crippen LogP contribution in [0.1, 0.15) is 6.92 Å². The van der Waals surface area contributed by atoms with E-state index in [1.54, 1.807) is 0 Å². The summed E-state index contributed by atoms with van der Waals surface area (Å²) in [5.74, 6) is -1.06. The van der Waals surface area contributed by atoms with E-state index in [1.165, 1.54) is 14.0 Å². The quantitative estimate of drug-likeness (QED) is 0.336.